The topological polar surface area (TPSA) is 25.4 Å². The summed E-state index contributed by atoms with van der Waals surface area (Å²) >= 11 is 3.97. The molecular weight excluding hydrogens is 312 g/mol. The molecule has 0 aliphatic carbocycles. The number of rotatable bonds is 5. The lowest BCUT2D eigenvalue weighted by atomic mass is 9.93. The van der Waals surface area contributed by atoms with Gasteiger partial charge in [-0.05, 0) is 29.5 Å². The van der Waals surface area contributed by atoms with Crippen molar-refractivity contribution < 1.29 is 4.74 Å². The number of hydrogen-bond donors (Lipinski definition) is 0. The predicted molar refractivity (Wildman–Crippen MR) is 92.2 cm³/mol. The number of aromatic nitrogens is 1. The summed E-state index contributed by atoms with van der Waals surface area (Å²) in [6, 6.07) is 8.42. The SMILES string of the molecule is c1cncc(COC2CSC3(C2)CN(Cc2cccs2)C3)c1. The molecule has 0 bridgehead atoms. The van der Waals surface area contributed by atoms with Gasteiger partial charge in [0.05, 0.1) is 12.7 Å². The number of likely N-dealkylation sites (tertiary alicyclic amines) is 1. The first-order chi connectivity index (χ1) is 10.8. The van der Waals surface area contributed by atoms with E-state index in [1.807, 2.05) is 23.6 Å². The summed E-state index contributed by atoms with van der Waals surface area (Å²) in [5.41, 5.74) is 1.17. The van der Waals surface area contributed by atoms with E-state index in [2.05, 4.69) is 45.2 Å². The summed E-state index contributed by atoms with van der Waals surface area (Å²) in [6.45, 7) is 4.22. The van der Waals surface area contributed by atoms with Crippen molar-refractivity contribution in [3.05, 3.63) is 52.5 Å². The highest BCUT2D eigenvalue weighted by molar-refractivity contribution is 8.01. The summed E-state index contributed by atoms with van der Waals surface area (Å²) in [5, 5.41) is 2.16. The van der Waals surface area contributed by atoms with Crippen molar-refractivity contribution in [2.45, 2.75) is 30.4 Å². The van der Waals surface area contributed by atoms with Crippen LogP contribution in [0.1, 0.15) is 16.9 Å². The molecule has 2 aliphatic rings. The molecule has 0 radical (unpaired) electrons. The Kier molecular flexibility index (Phi) is 4.22. The molecule has 5 heteroatoms. The predicted octanol–water partition coefficient (Wildman–Crippen LogP) is 3.42. The fourth-order valence-corrected chi connectivity index (χ4v) is 5.68. The molecule has 116 valence electrons. The van der Waals surface area contributed by atoms with Gasteiger partial charge in [0.25, 0.3) is 0 Å². The van der Waals surface area contributed by atoms with Crippen LogP contribution in [0.5, 0.6) is 0 Å². The molecule has 2 saturated heterocycles. The Morgan fingerprint density at radius 2 is 2.27 bits per heavy atom. The summed E-state index contributed by atoms with van der Waals surface area (Å²) in [7, 11) is 0. The highest BCUT2D eigenvalue weighted by Crippen LogP contribution is 2.46. The van der Waals surface area contributed by atoms with Gasteiger partial charge in [0.1, 0.15) is 0 Å². The number of thiophene rings is 1. The number of ether oxygens (including phenoxy) is 1. The average molecular weight is 332 g/mol. The molecule has 4 heterocycles. The molecule has 22 heavy (non-hydrogen) atoms. The van der Waals surface area contributed by atoms with Gasteiger partial charge in [-0.25, -0.2) is 0 Å². The fraction of sp³-hybridized carbons (Fsp3) is 0.471. The van der Waals surface area contributed by atoms with E-state index in [0.717, 1.165) is 12.3 Å². The Labute approximate surface area is 139 Å². The van der Waals surface area contributed by atoms with E-state index in [0.29, 0.717) is 17.5 Å². The molecule has 0 aromatic carbocycles. The summed E-state index contributed by atoms with van der Waals surface area (Å²) in [4.78, 5) is 8.17. The monoisotopic (exact) mass is 332 g/mol. The van der Waals surface area contributed by atoms with Gasteiger partial charge in [0.15, 0.2) is 0 Å². The first-order valence-electron chi connectivity index (χ1n) is 7.71. The minimum atomic E-state index is 0.397. The lowest BCUT2D eigenvalue weighted by Crippen LogP contribution is -2.58. The van der Waals surface area contributed by atoms with Crippen LogP contribution in [0.4, 0.5) is 0 Å². The molecule has 1 unspecified atom stereocenters. The van der Waals surface area contributed by atoms with Crippen molar-refractivity contribution in [2.75, 3.05) is 18.8 Å². The number of pyridine rings is 1. The lowest BCUT2D eigenvalue weighted by Gasteiger charge is -2.47. The van der Waals surface area contributed by atoms with E-state index in [9.17, 15) is 0 Å². The molecule has 2 aliphatic heterocycles. The average Bonchev–Trinajstić information content (AvgIpc) is 3.16. The third-order valence-corrected chi connectivity index (χ3v) is 6.80. The molecule has 2 aromatic rings. The maximum Gasteiger partial charge on any atom is 0.0736 e. The Morgan fingerprint density at radius 3 is 3.05 bits per heavy atom. The van der Waals surface area contributed by atoms with Crippen molar-refractivity contribution in [1.82, 2.24) is 9.88 Å². The second kappa shape index (κ2) is 6.32. The van der Waals surface area contributed by atoms with E-state index >= 15 is 0 Å². The van der Waals surface area contributed by atoms with E-state index in [1.165, 1.54) is 30.0 Å². The van der Waals surface area contributed by atoms with Crippen LogP contribution >= 0.6 is 23.1 Å². The third kappa shape index (κ3) is 3.23. The highest BCUT2D eigenvalue weighted by Gasteiger charge is 2.49. The number of hydrogen-bond acceptors (Lipinski definition) is 5. The fourth-order valence-electron chi connectivity index (χ4n) is 3.33. The van der Waals surface area contributed by atoms with Gasteiger partial charge in [0, 0.05) is 47.4 Å². The number of thioether (sulfide) groups is 1. The number of nitrogens with zero attached hydrogens (tertiary/aromatic N) is 2. The van der Waals surface area contributed by atoms with Crippen molar-refractivity contribution in [3.63, 3.8) is 0 Å². The molecule has 0 N–H and O–H groups in total. The van der Waals surface area contributed by atoms with Crippen LogP contribution in [0, 0.1) is 0 Å². The van der Waals surface area contributed by atoms with Gasteiger partial charge in [-0.1, -0.05) is 12.1 Å². The highest BCUT2D eigenvalue weighted by atomic mass is 32.2. The Morgan fingerprint density at radius 1 is 1.32 bits per heavy atom. The van der Waals surface area contributed by atoms with E-state index in [-0.39, 0.29) is 0 Å². The van der Waals surface area contributed by atoms with Crippen molar-refractivity contribution in [1.29, 1.82) is 0 Å². The zero-order valence-corrected chi connectivity index (χ0v) is 14.1. The second-order valence-electron chi connectivity index (χ2n) is 6.22. The van der Waals surface area contributed by atoms with Crippen LogP contribution in [0.15, 0.2) is 42.0 Å². The minimum Gasteiger partial charge on any atom is -0.373 e. The smallest absolute Gasteiger partial charge is 0.0736 e. The maximum absolute atomic E-state index is 6.08. The summed E-state index contributed by atoms with van der Waals surface area (Å²) < 4.78 is 6.54. The van der Waals surface area contributed by atoms with Gasteiger partial charge in [-0.3, -0.25) is 9.88 Å². The zero-order chi connectivity index (χ0) is 14.8. The normalized spacial score (nSPS) is 23.7. The van der Waals surface area contributed by atoms with Crippen LogP contribution in [0.2, 0.25) is 0 Å². The van der Waals surface area contributed by atoms with Gasteiger partial charge >= 0.3 is 0 Å². The maximum atomic E-state index is 6.08. The molecule has 0 saturated carbocycles. The summed E-state index contributed by atoms with van der Waals surface area (Å²) in [6.07, 6.45) is 5.29. The standard InChI is InChI=1S/C17H20N2OS2/c1-3-14(8-18-5-1)10-20-15-7-17(22-11-15)12-19(13-17)9-16-4-2-6-21-16/h1-6,8,15H,7,9-13H2. The van der Waals surface area contributed by atoms with Gasteiger partial charge in [-0.2, -0.15) is 0 Å². The Balaban J connectivity index is 1.23. The molecule has 1 spiro atoms. The molecule has 4 rings (SSSR count). The summed E-state index contributed by atoms with van der Waals surface area (Å²) in [5.74, 6) is 1.13. The van der Waals surface area contributed by atoms with E-state index in [4.69, 9.17) is 4.74 Å². The van der Waals surface area contributed by atoms with E-state index < -0.39 is 0 Å². The van der Waals surface area contributed by atoms with Crippen molar-refractivity contribution in [2.24, 2.45) is 0 Å². The molecule has 3 nitrogen and oxygen atoms in total. The first-order valence-corrected chi connectivity index (χ1v) is 9.57. The van der Waals surface area contributed by atoms with Crippen LogP contribution in [-0.4, -0.2) is 39.6 Å². The third-order valence-electron chi connectivity index (χ3n) is 4.37. The van der Waals surface area contributed by atoms with E-state index in [1.54, 1.807) is 6.20 Å². The molecule has 2 fully saturated rings. The molecule has 1 atom stereocenters. The van der Waals surface area contributed by atoms with Crippen LogP contribution in [0.25, 0.3) is 0 Å². The minimum absolute atomic E-state index is 0.397. The first kappa shape index (κ1) is 14.7. The van der Waals surface area contributed by atoms with Gasteiger partial charge < -0.3 is 4.74 Å². The molecule has 2 aromatic heterocycles. The van der Waals surface area contributed by atoms with Crippen molar-refractivity contribution in [3.8, 4) is 0 Å². The lowest BCUT2D eigenvalue weighted by molar-refractivity contribution is 0.0265. The quantitative estimate of drug-likeness (QED) is 0.838. The second-order valence-corrected chi connectivity index (χ2v) is 8.74. The Bertz CT molecular complexity index is 596. The zero-order valence-electron chi connectivity index (χ0n) is 12.5. The van der Waals surface area contributed by atoms with Gasteiger partial charge in [0.2, 0.25) is 0 Å². The van der Waals surface area contributed by atoms with Gasteiger partial charge in [-0.15, -0.1) is 23.1 Å². The Hall–Kier alpha value is -0.880. The van der Waals surface area contributed by atoms with Crippen molar-refractivity contribution >= 4 is 23.1 Å². The van der Waals surface area contributed by atoms with Crippen LogP contribution in [-0.2, 0) is 17.9 Å². The van der Waals surface area contributed by atoms with Crippen LogP contribution in [0.3, 0.4) is 0 Å². The molecule has 0 amide bonds. The largest absolute Gasteiger partial charge is 0.373 e. The molecular formula is C17H20N2OS2. The van der Waals surface area contributed by atoms with Crippen LogP contribution < -0.4 is 0 Å².